The Morgan fingerprint density at radius 2 is 0.447 bits per heavy atom. The minimum atomic E-state index is 0.910. The first-order valence-electron chi connectivity index (χ1n) is 47.8. The quantitative estimate of drug-likeness (QED) is 0.122. The summed E-state index contributed by atoms with van der Waals surface area (Å²) in [5.41, 5.74) is 37.9. The van der Waals surface area contributed by atoms with Crippen LogP contribution >= 0.6 is 34.0 Å². The Kier molecular flexibility index (Phi) is 19.5. The summed E-state index contributed by atoms with van der Waals surface area (Å²) in [6, 6.07) is 176. The van der Waals surface area contributed by atoms with Gasteiger partial charge in [0.05, 0.1) is 47.2 Å². The van der Waals surface area contributed by atoms with Gasteiger partial charge >= 0.3 is 0 Å². The summed E-state index contributed by atoms with van der Waals surface area (Å²) < 4.78 is 34.6. The highest BCUT2D eigenvalue weighted by Gasteiger charge is 2.26. The van der Waals surface area contributed by atoms with E-state index in [1.54, 1.807) is 0 Å². The van der Waals surface area contributed by atoms with Gasteiger partial charge in [0.25, 0.3) is 0 Å². The van der Waals surface area contributed by atoms with Crippen LogP contribution in [0.15, 0.2) is 505 Å². The fourth-order valence-corrected chi connectivity index (χ4v) is 25.3. The van der Waals surface area contributed by atoms with Crippen LogP contribution in [0.2, 0.25) is 0 Å². The first-order valence-corrected chi connectivity index (χ1v) is 50.2. The number of aromatic nitrogens is 3. The highest BCUT2D eigenvalue weighted by atomic mass is 32.1. The van der Waals surface area contributed by atoms with E-state index in [0.717, 1.165) is 99.2 Å². The summed E-state index contributed by atoms with van der Waals surface area (Å²) in [6.45, 7) is 0. The first-order chi connectivity index (χ1) is 69.9. The van der Waals surface area contributed by atoms with E-state index in [-0.39, 0.29) is 0 Å². The van der Waals surface area contributed by atoms with Crippen molar-refractivity contribution in [2.75, 3.05) is 0 Å². The molecule has 9 heterocycles. The number of fused-ring (bicyclic) bond motifs is 24. The molecule has 660 valence electrons. The van der Waals surface area contributed by atoms with Crippen LogP contribution in [-0.2, 0) is 0 Å². The number of hydrogen-bond donors (Lipinski definition) is 0. The Balaban J connectivity index is 0.000000104. The molecule has 0 bridgehead atoms. The highest BCUT2D eigenvalue weighted by Crippen LogP contribution is 2.51. The van der Waals surface area contributed by atoms with E-state index in [9.17, 15) is 0 Å². The zero-order chi connectivity index (χ0) is 92.7. The lowest BCUT2D eigenvalue weighted by molar-refractivity contribution is 0.669. The number of para-hydroxylation sites is 8. The van der Waals surface area contributed by atoms with E-state index in [1.807, 2.05) is 52.2 Å². The molecule has 0 N–H and O–H groups in total. The molecule has 9 heteroatoms. The van der Waals surface area contributed by atoms with E-state index in [2.05, 4.69) is 487 Å². The molecule has 0 spiro atoms. The van der Waals surface area contributed by atoms with Gasteiger partial charge in [-0.2, -0.15) is 0 Å². The summed E-state index contributed by atoms with van der Waals surface area (Å²) in [5, 5.41) is 14.6. The van der Waals surface area contributed by atoms with Crippen molar-refractivity contribution in [2.45, 2.75) is 0 Å². The molecule has 0 amide bonds. The topological polar surface area (TPSA) is 54.2 Å². The number of furan rings is 3. The number of rotatable bonds is 12. The molecule has 0 aliphatic carbocycles. The Bertz CT molecular complexity index is 10100. The van der Waals surface area contributed by atoms with Gasteiger partial charge in [0.1, 0.15) is 33.5 Å². The molecular weight excluding hydrogens is 1770 g/mol. The maximum Gasteiger partial charge on any atom is 0.143 e. The van der Waals surface area contributed by atoms with E-state index in [1.165, 1.54) is 177 Å². The van der Waals surface area contributed by atoms with Gasteiger partial charge in [0.15, 0.2) is 0 Å². The lowest BCUT2D eigenvalue weighted by Crippen LogP contribution is -1.92. The van der Waals surface area contributed by atoms with Crippen molar-refractivity contribution >= 4 is 193 Å². The van der Waals surface area contributed by atoms with Gasteiger partial charge in [-0.3, -0.25) is 0 Å². The van der Waals surface area contributed by atoms with E-state index in [0.29, 0.717) is 0 Å². The third-order valence-corrected chi connectivity index (χ3v) is 31.8. The number of nitrogens with zero attached hydrogens (tertiary/aromatic N) is 3. The van der Waals surface area contributed by atoms with Gasteiger partial charge in [-0.15, -0.1) is 34.0 Å². The lowest BCUT2D eigenvalue weighted by atomic mass is 9.94. The SMILES string of the molecule is c1ccc(-c2cc(-c3ccc(-c4ccc5c(c4)sc4c6ccccc6n(-c6ccccc6)c54)cc3)c3oc4ccccc4c3c2)cc1.c1ccc(-c2ccc3c(c2)oc2cc(-c4ccc(-c5ccc6c(c5)sc5c7ccccc7n(-c7ccccc7)c65)cc4)ccc23)cc1.c1ccc(-c2cccc3c2oc2cccc(-c4ccc(-c5ccc6c(c5)sc5c7ccccc7n(-c7ccccc7)c65)cc4)c23)cc1. The van der Waals surface area contributed by atoms with Crippen LogP contribution in [0.3, 0.4) is 0 Å². The summed E-state index contributed by atoms with van der Waals surface area (Å²) in [4.78, 5) is 0. The molecule has 141 heavy (non-hydrogen) atoms. The van der Waals surface area contributed by atoms with Crippen molar-refractivity contribution < 1.29 is 13.3 Å². The fraction of sp³-hybridized carbons (Fsp3) is 0. The van der Waals surface area contributed by atoms with Gasteiger partial charge < -0.3 is 27.0 Å². The minimum Gasteiger partial charge on any atom is -0.456 e. The van der Waals surface area contributed by atoms with Crippen LogP contribution in [0.5, 0.6) is 0 Å². The van der Waals surface area contributed by atoms with Gasteiger partial charge in [0, 0.05) is 107 Å². The molecule has 0 saturated heterocycles. The Hall–Kier alpha value is -17.7. The average molecular weight is 1850 g/mol. The van der Waals surface area contributed by atoms with E-state index in [4.69, 9.17) is 13.3 Å². The maximum atomic E-state index is 6.52. The van der Waals surface area contributed by atoms with Crippen LogP contribution < -0.4 is 0 Å². The summed E-state index contributed by atoms with van der Waals surface area (Å²) in [6.07, 6.45) is 0. The third kappa shape index (κ3) is 13.9. The number of hydrogen-bond acceptors (Lipinski definition) is 6. The molecular formula is C132H81N3O3S3. The van der Waals surface area contributed by atoms with Gasteiger partial charge in [-0.05, 0) is 210 Å². The summed E-state index contributed by atoms with van der Waals surface area (Å²) in [5.74, 6) is 0. The predicted molar refractivity (Wildman–Crippen MR) is 599 cm³/mol. The zero-order valence-corrected chi connectivity index (χ0v) is 78.5. The zero-order valence-electron chi connectivity index (χ0n) is 76.1. The number of benzene rings is 21. The van der Waals surface area contributed by atoms with E-state index >= 15 is 0 Å². The molecule has 0 aliphatic heterocycles. The minimum absolute atomic E-state index is 0.910. The standard InChI is InChI=1S/3C44H27NOS/c1-3-11-28(12-4-1)32-25-37(43-38(26-32)34-15-8-10-18-40(34)46-43)30-21-19-29(20-22-30)31-23-24-36-41(27-31)47-44-35-16-7-9-17-39(35)45(42(36)44)33-13-5-2-6-14-33;1-3-11-29(12-4-1)34-17-9-18-37-41-33(16-10-20-39(41)46-43(34)37)30-23-21-28(22-24-30)31-25-26-36-40(27-31)47-44-35-15-7-8-19-38(35)45(42(36)44)32-13-5-2-6-14-32;1-3-9-28(10-4-1)31-19-22-35-36-23-20-32(26-41(36)46-40(35)25-31)29-15-17-30(18-16-29)33-21-24-38-42(27-33)47-44-37-13-7-8-14-39(37)45(43(38)44)34-11-5-2-6-12-34/h3*1-27H. The van der Waals surface area contributed by atoms with Crippen molar-refractivity contribution in [3.63, 3.8) is 0 Å². The van der Waals surface area contributed by atoms with Crippen LogP contribution in [0, 0.1) is 0 Å². The molecule has 30 aromatic rings. The molecule has 0 atom stereocenters. The van der Waals surface area contributed by atoms with Gasteiger partial charge in [-0.25, -0.2) is 0 Å². The third-order valence-electron chi connectivity index (χ3n) is 28.3. The Morgan fingerprint density at radius 3 is 0.887 bits per heavy atom. The Labute approximate surface area is 822 Å². The molecule has 9 aromatic heterocycles. The second-order valence-electron chi connectivity index (χ2n) is 36.4. The molecule has 30 rings (SSSR count). The molecule has 0 unspecified atom stereocenters. The fourth-order valence-electron chi connectivity index (χ4n) is 21.6. The van der Waals surface area contributed by atoms with Crippen molar-refractivity contribution in [1.29, 1.82) is 0 Å². The maximum absolute atomic E-state index is 6.52. The normalized spacial score (nSPS) is 11.8. The molecule has 6 nitrogen and oxygen atoms in total. The van der Waals surface area contributed by atoms with Crippen molar-refractivity contribution in [3.8, 4) is 117 Å². The van der Waals surface area contributed by atoms with Crippen LogP contribution in [0.25, 0.3) is 277 Å². The van der Waals surface area contributed by atoms with Crippen LogP contribution in [0.4, 0.5) is 0 Å². The smallest absolute Gasteiger partial charge is 0.143 e. The Morgan fingerprint density at radius 1 is 0.156 bits per heavy atom. The molecule has 21 aromatic carbocycles. The van der Waals surface area contributed by atoms with E-state index < -0.39 is 0 Å². The second kappa shape index (κ2) is 33.6. The predicted octanol–water partition coefficient (Wildman–Crippen LogP) is 38.7. The van der Waals surface area contributed by atoms with Crippen molar-refractivity contribution in [3.05, 3.63) is 491 Å². The van der Waals surface area contributed by atoms with Gasteiger partial charge in [-0.1, -0.05) is 370 Å². The average Bonchev–Trinajstić information content (AvgIpc) is 1.57. The molecule has 0 aliphatic rings. The molecule has 0 fully saturated rings. The highest BCUT2D eigenvalue weighted by molar-refractivity contribution is 7.27. The lowest BCUT2D eigenvalue weighted by Gasteiger charge is -2.10. The summed E-state index contributed by atoms with van der Waals surface area (Å²) >= 11 is 5.66. The second-order valence-corrected chi connectivity index (χ2v) is 39.5. The van der Waals surface area contributed by atoms with Crippen LogP contribution in [-0.4, -0.2) is 13.7 Å². The largest absolute Gasteiger partial charge is 0.456 e. The molecule has 0 radical (unpaired) electrons. The molecule has 0 saturated carbocycles. The van der Waals surface area contributed by atoms with Crippen LogP contribution in [0.1, 0.15) is 0 Å². The first kappa shape index (κ1) is 81.6. The monoisotopic (exact) mass is 1850 g/mol. The van der Waals surface area contributed by atoms with Crippen molar-refractivity contribution in [1.82, 2.24) is 13.7 Å². The summed E-state index contributed by atoms with van der Waals surface area (Å²) in [7, 11) is 0. The number of thiophene rings is 3. The van der Waals surface area contributed by atoms with Gasteiger partial charge in [0.2, 0.25) is 0 Å². The van der Waals surface area contributed by atoms with Crippen molar-refractivity contribution in [2.24, 2.45) is 0 Å².